The number of sulfone groups is 1. The fourth-order valence-corrected chi connectivity index (χ4v) is 4.31. The van der Waals surface area contributed by atoms with E-state index in [1.165, 1.54) is 12.1 Å². The molecule has 0 aliphatic carbocycles. The molecule has 0 saturated carbocycles. The van der Waals surface area contributed by atoms with Crippen LogP contribution in [0.4, 0.5) is 5.69 Å². The number of aromatic nitrogens is 3. The molecule has 4 aromatic rings. The lowest BCUT2D eigenvalue weighted by Crippen LogP contribution is -2.22. The first-order valence-electron chi connectivity index (χ1n) is 10.8. The first kappa shape index (κ1) is 24.7. The van der Waals surface area contributed by atoms with Crippen LogP contribution in [0.25, 0.3) is 10.9 Å². The molecule has 1 amide bonds. The van der Waals surface area contributed by atoms with Crippen LogP contribution >= 0.6 is 11.6 Å². The monoisotopic (exact) mass is 512 g/mol. The maximum absolute atomic E-state index is 12.5. The van der Waals surface area contributed by atoms with Crippen LogP contribution in [0.1, 0.15) is 26.3 Å². The number of pyridine rings is 1. The van der Waals surface area contributed by atoms with Crippen LogP contribution in [0.5, 0.6) is 11.5 Å². The number of fused-ring (bicyclic) bond motifs is 1. The minimum Gasteiger partial charge on any atom is -0.455 e. The number of halogens is 1. The number of nitrogens with zero attached hydrogens (tertiary/aromatic N) is 3. The summed E-state index contributed by atoms with van der Waals surface area (Å²) in [5.74, 6) is 0.597. The van der Waals surface area contributed by atoms with Gasteiger partial charge >= 0.3 is 0 Å². The van der Waals surface area contributed by atoms with E-state index in [2.05, 4.69) is 15.4 Å². The lowest BCUT2D eigenvalue weighted by atomic mass is 10.1. The van der Waals surface area contributed by atoms with Crippen molar-refractivity contribution in [2.45, 2.75) is 37.6 Å². The molecule has 0 saturated heterocycles. The number of rotatable bonds is 6. The van der Waals surface area contributed by atoms with Gasteiger partial charge in [-0.15, -0.1) is 0 Å². The Kier molecular flexibility index (Phi) is 6.57. The molecule has 4 rings (SSSR count). The Morgan fingerprint density at radius 3 is 2.54 bits per heavy atom. The molecular formula is C25H25ClN4O4S. The van der Waals surface area contributed by atoms with Crippen LogP contribution in [0, 0.1) is 0 Å². The molecule has 0 radical (unpaired) electrons. The van der Waals surface area contributed by atoms with Gasteiger partial charge in [-0.1, -0.05) is 17.7 Å². The van der Waals surface area contributed by atoms with Gasteiger partial charge in [-0.05, 0) is 62.7 Å². The van der Waals surface area contributed by atoms with Gasteiger partial charge in [-0.3, -0.25) is 14.5 Å². The van der Waals surface area contributed by atoms with Crippen LogP contribution in [-0.2, 0) is 26.6 Å². The van der Waals surface area contributed by atoms with E-state index < -0.39 is 9.84 Å². The summed E-state index contributed by atoms with van der Waals surface area (Å²) in [4.78, 5) is 16.9. The Balaban J connectivity index is 1.50. The van der Waals surface area contributed by atoms with Gasteiger partial charge in [-0.25, -0.2) is 8.42 Å². The largest absolute Gasteiger partial charge is 0.455 e. The van der Waals surface area contributed by atoms with Gasteiger partial charge < -0.3 is 10.1 Å². The third-order valence-corrected chi connectivity index (χ3v) is 6.64. The molecule has 182 valence electrons. The van der Waals surface area contributed by atoms with Gasteiger partial charge in [0.05, 0.1) is 39.3 Å². The summed E-state index contributed by atoms with van der Waals surface area (Å²) in [6, 6.07) is 11.4. The number of hydrogen-bond acceptors (Lipinski definition) is 6. The Hall–Kier alpha value is -3.43. The standard InChI is InChI=1S/C25H25ClN4O4S/c1-25(2,3)30-15-17(14-28-30)29-24(31)12-16-5-8-23(20(26)11-16)34-22-9-10-27-21-7-6-18(13-19(21)22)35(4,32)33/h5-11,13-15H,12H2,1-4H3,(H,29,31). The minimum atomic E-state index is -3.39. The molecule has 2 heterocycles. The highest BCUT2D eigenvalue weighted by atomic mass is 35.5. The smallest absolute Gasteiger partial charge is 0.228 e. The Morgan fingerprint density at radius 1 is 1.11 bits per heavy atom. The fraction of sp³-hybridized carbons (Fsp3) is 0.240. The van der Waals surface area contributed by atoms with Crippen molar-refractivity contribution in [2.75, 3.05) is 11.6 Å². The van der Waals surface area contributed by atoms with Crippen molar-refractivity contribution in [2.24, 2.45) is 0 Å². The highest BCUT2D eigenvalue weighted by Crippen LogP contribution is 2.34. The maximum Gasteiger partial charge on any atom is 0.228 e. The van der Waals surface area contributed by atoms with Gasteiger partial charge in [-0.2, -0.15) is 5.10 Å². The van der Waals surface area contributed by atoms with E-state index in [-0.39, 0.29) is 22.8 Å². The van der Waals surface area contributed by atoms with Crippen molar-refractivity contribution in [1.29, 1.82) is 0 Å². The molecule has 0 aliphatic heterocycles. The number of anilines is 1. The average Bonchev–Trinajstić information content (AvgIpc) is 3.24. The summed E-state index contributed by atoms with van der Waals surface area (Å²) in [5, 5.41) is 7.99. The summed E-state index contributed by atoms with van der Waals surface area (Å²) in [5.41, 5.74) is 1.74. The molecule has 35 heavy (non-hydrogen) atoms. The van der Waals surface area contributed by atoms with Crippen LogP contribution in [0.2, 0.25) is 5.02 Å². The zero-order chi connectivity index (χ0) is 25.4. The topological polar surface area (TPSA) is 103 Å². The quantitative estimate of drug-likeness (QED) is 0.380. The molecule has 0 unspecified atom stereocenters. The summed E-state index contributed by atoms with van der Waals surface area (Å²) in [6.45, 7) is 6.07. The predicted molar refractivity (Wildman–Crippen MR) is 136 cm³/mol. The normalized spacial score (nSPS) is 12.0. The molecule has 0 spiro atoms. The lowest BCUT2D eigenvalue weighted by molar-refractivity contribution is -0.115. The molecule has 2 aromatic heterocycles. The van der Waals surface area contributed by atoms with E-state index in [0.29, 0.717) is 38.7 Å². The third-order valence-electron chi connectivity index (χ3n) is 5.24. The number of ether oxygens (including phenoxy) is 1. The van der Waals surface area contributed by atoms with Crippen LogP contribution in [0.3, 0.4) is 0 Å². The van der Waals surface area contributed by atoms with Crippen molar-refractivity contribution < 1.29 is 17.9 Å². The van der Waals surface area contributed by atoms with Crippen molar-refractivity contribution in [3.05, 3.63) is 71.6 Å². The number of benzene rings is 2. The van der Waals surface area contributed by atoms with Crippen molar-refractivity contribution >= 4 is 43.9 Å². The second-order valence-electron chi connectivity index (χ2n) is 9.20. The van der Waals surface area contributed by atoms with Gasteiger partial charge in [0.15, 0.2) is 9.84 Å². The summed E-state index contributed by atoms with van der Waals surface area (Å²) in [6.07, 6.45) is 6.24. The summed E-state index contributed by atoms with van der Waals surface area (Å²) >= 11 is 6.45. The third kappa shape index (κ3) is 5.80. The first-order valence-corrected chi connectivity index (χ1v) is 13.1. The van der Waals surface area contributed by atoms with E-state index in [0.717, 1.165) is 6.26 Å². The summed E-state index contributed by atoms with van der Waals surface area (Å²) in [7, 11) is -3.39. The van der Waals surface area contributed by atoms with Crippen LogP contribution < -0.4 is 10.1 Å². The fourth-order valence-electron chi connectivity index (χ4n) is 3.42. The second kappa shape index (κ2) is 9.31. The van der Waals surface area contributed by atoms with Crippen molar-refractivity contribution in [3.63, 3.8) is 0 Å². The van der Waals surface area contributed by atoms with E-state index >= 15 is 0 Å². The summed E-state index contributed by atoms with van der Waals surface area (Å²) < 4.78 is 31.7. The lowest BCUT2D eigenvalue weighted by Gasteiger charge is -2.18. The number of carbonyl (C=O) groups excluding carboxylic acids is 1. The van der Waals surface area contributed by atoms with Crippen LogP contribution in [-0.4, -0.2) is 35.3 Å². The molecular weight excluding hydrogens is 488 g/mol. The molecule has 8 nitrogen and oxygen atoms in total. The highest BCUT2D eigenvalue weighted by molar-refractivity contribution is 7.90. The van der Waals surface area contributed by atoms with Gasteiger partial charge in [0, 0.05) is 24.0 Å². The molecule has 0 aliphatic rings. The van der Waals surface area contributed by atoms with Gasteiger partial charge in [0.25, 0.3) is 0 Å². The minimum absolute atomic E-state index is 0.122. The van der Waals surface area contributed by atoms with Crippen LogP contribution in [0.15, 0.2) is 66.0 Å². The Labute approximate surface area is 208 Å². The molecule has 0 bridgehead atoms. The average molecular weight is 513 g/mol. The predicted octanol–water partition coefficient (Wildman–Crippen LogP) is 5.22. The number of carbonyl (C=O) groups is 1. The van der Waals surface area contributed by atoms with Gasteiger partial charge in [0.1, 0.15) is 11.5 Å². The van der Waals surface area contributed by atoms with Crippen molar-refractivity contribution in [1.82, 2.24) is 14.8 Å². The molecule has 2 aromatic carbocycles. The number of nitrogens with one attached hydrogen (secondary N) is 1. The van der Waals surface area contributed by atoms with E-state index in [9.17, 15) is 13.2 Å². The zero-order valence-corrected chi connectivity index (χ0v) is 21.3. The van der Waals surface area contributed by atoms with Crippen molar-refractivity contribution in [3.8, 4) is 11.5 Å². The molecule has 1 N–H and O–H groups in total. The van der Waals surface area contributed by atoms with E-state index in [4.69, 9.17) is 16.3 Å². The first-order chi connectivity index (χ1) is 16.4. The van der Waals surface area contributed by atoms with Gasteiger partial charge in [0.2, 0.25) is 5.91 Å². The zero-order valence-electron chi connectivity index (χ0n) is 19.7. The molecule has 10 heteroatoms. The maximum atomic E-state index is 12.5. The Bertz CT molecular complexity index is 1520. The van der Waals surface area contributed by atoms with E-state index in [1.54, 1.807) is 53.6 Å². The van der Waals surface area contributed by atoms with E-state index in [1.807, 2.05) is 20.8 Å². The Morgan fingerprint density at radius 2 is 1.89 bits per heavy atom. The SMILES string of the molecule is CC(C)(C)n1cc(NC(=O)Cc2ccc(Oc3ccnc4ccc(S(C)(=O)=O)cc34)c(Cl)c2)cn1. The molecule has 0 atom stereocenters. The second-order valence-corrected chi connectivity index (χ2v) is 11.6. The number of amides is 1. The number of hydrogen-bond donors (Lipinski definition) is 1. The highest BCUT2D eigenvalue weighted by Gasteiger charge is 2.16. The molecule has 0 fully saturated rings.